The molecule has 0 aromatic heterocycles. The van der Waals surface area contributed by atoms with Crippen molar-refractivity contribution in [2.75, 3.05) is 26.3 Å². The lowest BCUT2D eigenvalue weighted by molar-refractivity contribution is 0.123. The van der Waals surface area contributed by atoms with Crippen molar-refractivity contribution in [2.45, 2.75) is 44.9 Å². The molecular weight excluding hydrogens is 200 g/mol. The molecule has 0 aromatic carbocycles. The Kier molecular flexibility index (Phi) is 5.13. The minimum atomic E-state index is 0.888. The summed E-state index contributed by atoms with van der Waals surface area (Å²) in [5.41, 5.74) is 0. The Hall–Kier alpha value is -0.570. The third-order valence-corrected chi connectivity index (χ3v) is 3.22. The van der Waals surface area contributed by atoms with Gasteiger partial charge < -0.3 is 10.1 Å². The molecule has 0 amide bonds. The van der Waals surface area contributed by atoms with Crippen molar-refractivity contribution in [1.82, 2.24) is 5.32 Å². The summed E-state index contributed by atoms with van der Waals surface area (Å²) in [5.74, 6) is 2.11. The van der Waals surface area contributed by atoms with Crippen molar-refractivity contribution in [2.24, 2.45) is 10.9 Å². The minimum Gasteiger partial charge on any atom is -0.381 e. The van der Waals surface area contributed by atoms with E-state index in [2.05, 4.69) is 10.3 Å². The normalized spacial score (nSPS) is 21.4. The summed E-state index contributed by atoms with van der Waals surface area (Å²) in [6.45, 7) is 3.92. The summed E-state index contributed by atoms with van der Waals surface area (Å²) >= 11 is 0. The Morgan fingerprint density at radius 2 is 2.19 bits per heavy atom. The molecular formula is C13H24N2O. The average molecular weight is 224 g/mol. The van der Waals surface area contributed by atoms with E-state index < -0.39 is 0 Å². The first-order valence-corrected chi connectivity index (χ1v) is 6.80. The standard InChI is InChI=1S/C13H24N2O/c1-2-5-13(14-8-3-1)15-9-4-10-16-11-12-6-7-12/h12H,1-11H2,(H,14,15). The van der Waals surface area contributed by atoms with Crippen molar-refractivity contribution in [3.63, 3.8) is 0 Å². The van der Waals surface area contributed by atoms with E-state index in [1.165, 1.54) is 37.9 Å². The van der Waals surface area contributed by atoms with Gasteiger partial charge in [-0.3, -0.25) is 4.99 Å². The highest BCUT2D eigenvalue weighted by Crippen LogP contribution is 2.28. The van der Waals surface area contributed by atoms with Gasteiger partial charge >= 0.3 is 0 Å². The van der Waals surface area contributed by atoms with Gasteiger partial charge in [-0.1, -0.05) is 6.42 Å². The van der Waals surface area contributed by atoms with Crippen molar-refractivity contribution in [1.29, 1.82) is 0 Å². The van der Waals surface area contributed by atoms with Gasteiger partial charge in [-0.2, -0.15) is 0 Å². The average Bonchev–Trinajstić information content (AvgIpc) is 3.10. The van der Waals surface area contributed by atoms with Gasteiger partial charge in [0.2, 0.25) is 0 Å². The number of nitrogens with one attached hydrogen (secondary N) is 1. The fraction of sp³-hybridized carbons (Fsp3) is 0.923. The highest BCUT2D eigenvalue weighted by Gasteiger charge is 2.20. The SMILES string of the molecule is C1CCN=C(NCCCOCC2CC2)CC1. The molecule has 2 rings (SSSR count). The number of aliphatic imine (C=N–C) groups is 1. The van der Waals surface area contributed by atoms with Crippen LogP contribution < -0.4 is 5.32 Å². The van der Waals surface area contributed by atoms with Crippen LogP contribution in [0.4, 0.5) is 0 Å². The number of hydrogen-bond acceptors (Lipinski definition) is 3. The lowest BCUT2D eigenvalue weighted by Crippen LogP contribution is -2.25. The maximum Gasteiger partial charge on any atom is 0.0963 e. The lowest BCUT2D eigenvalue weighted by Gasteiger charge is -2.08. The van der Waals surface area contributed by atoms with Gasteiger partial charge in [-0.25, -0.2) is 0 Å². The van der Waals surface area contributed by atoms with E-state index in [1.54, 1.807) is 0 Å². The molecule has 0 bridgehead atoms. The molecule has 2 aliphatic rings. The van der Waals surface area contributed by atoms with Crippen LogP contribution >= 0.6 is 0 Å². The van der Waals surface area contributed by atoms with Gasteiger partial charge in [-0.15, -0.1) is 0 Å². The predicted molar refractivity (Wildman–Crippen MR) is 66.9 cm³/mol. The van der Waals surface area contributed by atoms with Gasteiger partial charge in [0.15, 0.2) is 0 Å². The van der Waals surface area contributed by atoms with E-state index in [1.807, 2.05) is 0 Å². The molecule has 3 heteroatoms. The second kappa shape index (κ2) is 6.89. The van der Waals surface area contributed by atoms with E-state index in [4.69, 9.17) is 4.74 Å². The van der Waals surface area contributed by atoms with Crippen LogP contribution in [0, 0.1) is 5.92 Å². The molecule has 1 N–H and O–H groups in total. The molecule has 1 aliphatic heterocycles. The fourth-order valence-corrected chi connectivity index (χ4v) is 1.96. The molecule has 0 spiro atoms. The summed E-state index contributed by atoms with van der Waals surface area (Å²) in [5, 5.41) is 3.44. The molecule has 1 fully saturated rings. The second-order valence-corrected chi connectivity index (χ2v) is 4.94. The molecule has 1 heterocycles. The van der Waals surface area contributed by atoms with Crippen LogP contribution in [0.3, 0.4) is 0 Å². The highest BCUT2D eigenvalue weighted by atomic mass is 16.5. The van der Waals surface area contributed by atoms with Gasteiger partial charge in [0.1, 0.15) is 0 Å². The zero-order valence-corrected chi connectivity index (χ0v) is 10.2. The van der Waals surface area contributed by atoms with Crippen LogP contribution in [0.1, 0.15) is 44.9 Å². The predicted octanol–water partition coefficient (Wildman–Crippen LogP) is 2.37. The number of amidine groups is 1. The molecule has 3 nitrogen and oxygen atoms in total. The molecule has 0 aromatic rings. The van der Waals surface area contributed by atoms with E-state index in [0.29, 0.717) is 0 Å². The first-order valence-electron chi connectivity index (χ1n) is 6.80. The zero-order chi connectivity index (χ0) is 11.1. The third kappa shape index (κ3) is 4.97. The smallest absolute Gasteiger partial charge is 0.0963 e. The maximum absolute atomic E-state index is 5.59. The molecule has 0 radical (unpaired) electrons. The quantitative estimate of drug-likeness (QED) is 0.703. The third-order valence-electron chi connectivity index (χ3n) is 3.22. The van der Waals surface area contributed by atoms with Crippen molar-refractivity contribution in [3.8, 4) is 0 Å². The fourth-order valence-electron chi connectivity index (χ4n) is 1.96. The van der Waals surface area contributed by atoms with E-state index in [0.717, 1.165) is 45.1 Å². The first-order chi connectivity index (χ1) is 7.95. The molecule has 92 valence electrons. The summed E-state index contributed by atoms with van der Waals surface area (Å²) in [4.78, 5) is 4.54. The highest BCUT2D eigenvalue weighted by molar-refractivity contribution is 5.82. The van der Waals surface area contributed by atoms with E-state index in [-0.39, 0.29) is 0 Å². The van der Waals surface area contributed by atoms with Gasteiger partial charge in [0.05, 0.1) is 5.84 Å². The van der Waals surface area contributed by atoms with Crippen LogP contribution in [-0.2, 0) is 4.74 Å². The largest absolute Gasteiger partial charge is 0.381 e. The van der Waals surface area contributed by atoms with Crippen molar-refractivity contribution in [3.05, 3.63) is 0 Å². The topological polar surface area (TPSA) is 33.6 Å². The summed E-state index contributed by atoms with van der Waals surface area (Å²) in [7, 11) is 0. The number of ether oxygens (including phenoxy) is 1. The zero-order valence-electron chi connectivity index (χ0n) is 10.2. The molecule has 0 unspecified atom stereocenters. The van der Waals surface area contributed by atoms with Crippen LogP contribution in [0.2, 0.25) is 0 Å². The van der Waals surface area contributed by atoms with E-state index >= 15 is 0 Å². The van der Waals surface area contributed by atoms with E-state index in [9.17, 15) is 0 Å². The Bertz CT molecular complexity index is 224. The van der Waals surface area contributed by atoms with Gasteiger partial charge in [0.25, 0.3) is 0 Å². The number of rotatable bonds is 6. The monoisotopic (exact) mass is 224 g/mol. The Labute approximate surface area is 98.7 Å². The van der Waals surface area contributed by atoms with Crippen LogP contribution in [-0.4, -0.2) is 32.1 Å². The van der Waals surface area contributed by atoms with Crippen molar-refractivity contribution >= 4 is 5.84 Å². The molecule has 1 saturated carbocycles. The van der Waals surface area contributed by atoms with Gasteiger partial charge in [-0.05, 0) is 38.0 Å². The summed E-state index contributed by atoms with van der Waals surface area (Å²) in [6, 6.07) is 0. The maximum atomic E-state index is 5.59. The Morgan fingerprint density at radius 1 is 1.25 bits per heavy atom. The molecule has 1 aliphatic carbocycles. The molecule has 0 saturated heterocycles. The van der Waals surface area contributed by atoms with Gasteiger partial charge in [0, 0.05) is 32.7 Å². The Morgan fingerprint density at radius 3 is 3.06 bits per heavy atom. The lowest BCUT2D eigenvalue weighted by atomic mass is 10.2. The first kappa shape index (κ1) is 11.9. The molecule has 16 heavy (non-hydrogen) atoms. The van der Waals surface area contributed by atoms with Crippen LogP contribution in [0.5, 0.6) is 0 Å². The number of nitrogens with zero attached hydrogens (tertiary/aromatic N) is 1. The minimum absolute atomic E-state index is 0.888. The summed E-state index contributed by atoms with van der Waals surface area (Å²) < 4.78 is 5.59. The second-order valence-electron chi connectivity index (χ2n) is 4.94. The number of hydrogen-bond donors (Lipinski definition) is 1. The Balaban J connectivity index is 1.44. The summed E-state index contributed by atoms with van der Waals surface area (Å²) in [6.07, 6.45) is 8.90. The van der Waals surface area contributed by atoms with Crippen LogP contribution in [0.15, 0.2) is 4.99 Å². The van der Waals surface area contributed by atoms with Crippen molar-refractivity contribution < 1.29 is 4.74 Å². The van der Waals surface area contributed by atoms with Crippen LogP contribution in [0.25, 0.3) is 0 Å². The molecule has 0 atom stereocenters.